The van der Waals surface area contributed by atoms with Crippen LogP contribution in [-0.2, 0) is 15.3 Å². The lowest BCUT2D eigenvalue weighted by Crippen LogP contribution is -2.40. The van der Waals surface area contributed by atoms with Crippen molar-refractivity contribution < 1.29 is 14.3 Å². The molecule has 0 aliphatic rings. The highest BCUT2D eigenvalue weighted by Crippen LogP contribution is 2.24. The first kappa shape index (κ1) is 23.5. The molecular weight excluding hydrogens is 442 g/mol. The fraction of sp³-hybridized carbons (Fsp3) is 0.250. The topological polar surface area (TPSA) is 83.3 Å². The van der Waals surface area contributed by atoms with Crippen molar-refractivity contribution in [1.29, 1.82) is 5.26 Å². The lowest BCUT2D eigenvalue weighted by molar-refractivity contribution is -0.126. The third-order valence-corrected chi connectivity index (χ3v) is 6.42. The first-order valence-corrected chi connectivity index (χ1v) is 11.9. The van der Waals surface area contributed by atoms with Crippen molar-refractivity contribution in [2.24, 2.45) is 0 Å². The third kappa shape index (κ3) is 6.42. The summed E-state index contributed by atoms with van der Waals surface area (Å²) in [5.74, 6) is -0.172. The minimum atomic E-state index is -0.983. The molecule has 0 N–H and O–H groups in total. The van der Waals surface area contributed by atoms with Crippen LogP contribution >= 0.6 is 23.1 Å². The van der Waals surface area contributed by atoms with Crippen molar-refractivity contribution in [3.05, 3.63) is 76.2 Å². The van der Waals surface area contributed by atoms with Gasteiger partial charge in [-0.3, -0.25) is 4.79 Å². The summed E-state index contributed by atoms with van der Waals surface area (Å²) in [6.45, 7) is 3.75. The van der Waals surface area contributed by atoms with Crippen LogP contribution in [0.2, 0.25) is 0 Å². The van der Waals surface area contributed by atoms with E-state index in [0.717, 1.165) is 21.3 Å². The number of para-hydroxylation sites is 1. The van der Waals surface area contributed by atoms with Gasteiger partial charge >= 0.3 is 5.97 Å². The molecule has 164 valence electrons. The SMILES string of the molecule is Cc1nc(CSc2ccc(C(=O)OC(C)C(=O)N(CCC#N)c3ccccc3)cc2)cs1. The quantitative estimate of drug-likeness (QED) is 0.318. The minimum absolute atomic E-state index is 0.181. The third-order valence-electron chi connectivity index (χ3n) is 4.56. The Hall–Kier alpha value is -3.15. The molecule has 0 aliphatic carbocycles. The Kier molecular flexibility index (Phi) is 8.42. The number of thioether (sulfide) groups is 1. The van der Waals surface area contributed by atoms with Gasteiger partial charge in [-0.05, 0) is 50.2 Å². The smallest absolute Gasteiger partial charge is 0.338 e. The second-order valence-corrected chi connectivity index (χ2v) is 9.06. The Labute approximate surface area is 195 Å². The van der Waals surface area contributed by atoms with Gasteiger partial charge in [-0.1, -0.05) is 18.2 Å². The maximum absolute atomic E-state index is 12.9. The number of rotatable bonds is 9. The predicted octanol–water partition coefficient (Wildman–Crippen LogP) is 5.24. The van der Waals surface area contributed by atoms with Crippen LogP contribution < -0.4 is 4.90 Å². The van der Waals surface area contributed by atoms with Crippen LogP contribution in [0.5, 0.6) is 0 Å². The molecule has 1 amide bonds. The molecule has 0 saturated heterocycles. The molecule has 1 unspecified atom stereocenters. The summed E-state index contributed by atoms with van der Waals surface area (Å²) in [6.07, 6.45) is -0.802. The number of hydrogen-bond acceptors (Lipinski definition) is 7. The highest BCUT2D eigenvalue weighted by Gasteiger charge is 2.25. The molecule has 0 aliphatic heterocycles. The molecule has 6 nitrogen and oxygen atoms in total. The van der Waals surface area contributed by atoms with E-state index in [-0.39, 0.29) is 18.9 Å². The number of carbonyl (C=O) groups is 2. The summed E-state index contributed by atoms with van der Waals surface area (Å²) < 4.78 is 5.42. The average molecular weight is 466 g/mol. The van der Waals surface area contributed by atoms with Gasteiger partial charge in [-0.25, -0.2) is 9.78 Å². The van der Waals surface area contributed by atoms with Crippen molar-refractivity contribution >= 4 is 40.7 Å². The van der Waals surface area contributed by atoms with Crippen molar-refractivity contribution in [2.75, 3.05) is 11.4 Å². The lowest BCUT2D eigenvalue weighted by atomic mass is 10.2. The summed E-state index contributed by atoms with van der Waals surface area (Å²) in [5.41, 5.74) is 2.07. The van der Waals surface area contributed by atoms with Crippen molar-refractivity contribution in [1.82, 2.24) is 4.98 Å². The summed E-state index contributed by atoms with van der Waals surface area (Å²) in [4.78, 5) is 32.4. The zero-order valence-electron chi connectivity index (χ0n) is 17.9. The van der Waals surface area contributed by atoms with E-state index in [1.807, 2.05) is 48.7 Å². The average Bonchev–Trinajstić information content (AvgIpc) is 3.23. The normalized spacial score (nSPS) is 11.4. The first-order valence-electron chi connectivity index (χ1n) is 10.1. The van der Waals surface area contributed by atoms with Crippen LogP contribution in [-0.4, -0.2) is 29.5 Å². The van der Waals surface area contributed by atoms with Crippen LogP contribution in [0.1, 0.15) is 34.4 Å². The predicted molar refractivity (Wildman–Crippen MR) is 127 cm³/mol. The standard InChI is InChI=1S/C24H23N3O3S2/c1-17(23(28)27(14-6-13-25)21-7-4-3-5-8-21)30-24(29)19-9-11-22(12-10-19)32-16-20-15-31-18(2)26-20/h3-5,7-12,15,17H,6,14,16H2,1-2H3. The molecule has 0 spiro atoms. The molecule has 1 atom stereocenters. The number of esters is 1. The Bertz CT molecular complexity index is 1090. The van der Waals surface area contributed by atoms with E-state index in [9.17, 15) is 9.59 Å². The highest BCUT2D eigenvalue weighted by atomic mass is 32.2. The van der Waals surface area contributed by atoms with Gasteiger partial charge in [0.15, 0.2) is 6.10 Å². The Balaban J connectivity index is 1.59. The Morgan fingerprint density at radius 1 is 1.19 bits per heavy atom. The molecule has 0 fully saturated rings. The molecule has 0 radical (unpaired) electrons. The second kappa shape index (κ2) is 11.5. The van der Waals surface area contributed by atoms with Crippen molar-refractivity contribution in [2.45, 2.75) is 37.0 Å². The fourth-order valence-electron chi connectivity index (χ4n) is 2.95. The van der Waals surface area contributed by atoms with E-state index >= 15 is 0 Å². The molecule has 0 bridgehead atoms. The number of thiazole rings is 1. The van der Waals surface area contributed by atoms with Crippen molar-refractivity contribution in [3.8, 4) is 6.07 Å². The van der Waals surface area contributed by atoms with E-state index in [4.69, 9.17) is 10.00 Å². The van der Waals surface area contributed by atoms with Gasteiger partial charge in [0.25, 0.3) is 5.91 Å². The number of amides is 1. The lowest BCUT2D eigenvalue weighted by Gasteiger charge is -2.25. The first-order chi connectivity index (χ1) is 15.5. The van der Waals surface area contributed by atoms with E-state index < -0.39 is 12.1 Å². The highest BCUT2D eigenvalue weighted by molar-refractivity contribution is 7.98. The summed E-state index contributed by atoms with van der Waals surface area (Å²) in [6, 6.07) is 18.2. The molecule has 8 heteroatoms. The number of ether oxygens (including phenoxy) is 1. The number of aryl methyl sites for hydroxylation is 1. The Morgan fingerprint density at radius 3 is 2.53 bits per heavy atom. The largest absolute Gasteiger partial charge is 0.449 e. The van der Waals surface area contributed by atoms with Gasteiger partial charge < -0.3 is 9.64 Å². The van der Waals surface area contributed by atoms with Crippen LogP contribution in [0.4, 0.5) is 5.69 Å². The Morgan fingerprint density at radius 2 is 1.91 bits per heavy atom. The number of benzene rings is 2. The van der Waals surface area contributed by atoms with Gasteiger partial charge in [0, 0.05) is 28.3 Å². The number of anilines is 1. The minimum Gasteiger partial charge on any atom is -0.449 e. The molecule has 3 rings (SSSR count). The van der Waals surface area contributed by atoms with Gasteiger partial charge in [0.05, 0.1) is 28.8 Å². The van der Waals surface area contributed by atoms with Crippen LogP contribution in [0.15, 0.2) is 64.9 Å². The number of carbonyl (C=O) groups excluding carboxylic acids is 2. The number of nitrogens with zero attached hydrogens (tertiary/aromatic N) is 3. The van der Waals surface area contributed by atoms with E-state index in [0.29, 0.717) is 11.3 Å². The fourth-order valence-corrected chi connectivity index (χ4v) is 4.46. The zero-order chi connectivity index (χ0) is 22.9. The van der Waals surface area contributed by atoms with E-state index in [1.165, 1.54) is 4.90 Å². The molecule has 3 aromatic rings. The molecular formula is C24H23N3O3S2. The molecule has 1 aromatic heterocycles. The van der Waals surface area contributed by atoms with Crippen LogP contribution in [0.3, 0.4) is 0 Å². The van der Waals surface area contributed by atoms with Gasteiger partial charge in [-0.15, -0.1) is 23.1 Å². The van der Waals surface area contributed by atoms with Crippen molar-refractivity contribution in [3.63, 3.8) is 0 Å². The molecule has 2 aromatic carbocycles. The summed E-state index contributed by atoms with van der Waals surface area (Å²) >= 11 is 3.27. The number of nitriles is 1. The van der Waals surface area contributed by atoms with E-state index in [1.54, 1.807) is 54.3 Å². The van der Waals surface area contributed by atoms with Gasteiger partial charge in [0.1, 0.15) is 0 Å². The summed E-state index contributed by atoms with van der Waals surface area (Å²) in [5, 5.41) is 12.0. The second-order valence-electron chi connectivity index (χ2n) is 6.95. The molecule has 0 saturated carbocycles. The van der Waals surface area contributed by atoms with Crippen LogP contribution in [0.25, 0.3) is 0 Å². The number of aromatic nitrogens is 1. The van der Waals surface area contributed by atoms with Crippen LogP contribution in [0, 0.1) is 18.3 Å². The molecule has 1 heterocycles. The number of hydrogen-bond donors (Lipinski definition) is 0. The van der Waals surface area contributed by atoms with Gasteiger partial charge in [-0.2, -0.15) is 5.26 Å². The summed E-state index contributed by atoms with van der Waals surface area (Å²) in [7, 11) is 0. The maximum Gasteiger partial charge on any atom is 0.338 e. The maximum atomic E-state index is 12.9. The zero-order valence-corrected chi connectivity index (χ0v) is 19.5. The van der Waals surface area contributed by atoms with Gasteiger partial charge in [0.2, 0.25) is 0 Å². The molecule has 32 heavy (non-hydrogen) atoms. The monoisotopic (exact) mass is 465 g/mol. The van der Waals surface area contributed by atoms with E-state index in [2.05, 4.69) is 4.98 Å².